The van der Waals surface area contributed by atoms with Crippen LogP contribution in [0.5, 0.6) is 0 Å². The van der Waals surface area contributed by atoms with Crippen LogP contribution in [0.1, 0.15) is 28.7 Å². The van der Waals surface area contributed by atoms with Gasteiger partial charge in [-0.15, -0.1) is 0 Å². The van der Waals surface area contributed by atoms with Gasteiger partial charge in [-0.2, -0.15) is 10.2 Å². The molecule has 0 fully saturated rings. The maximum atomic E-state index is 12.5. The first-order valence-electron chi connectivity index (χ1n) is 6.30. The summed E-state index contributed by atoms with van der Waals surface area (Å²) in [6, 6.07) is 8.11. The Labute approximate surface area is 110 Å². The van der Waals surface area contributed by atoms with Gasteiger partial charge in [0.05, 0.1) is 12.4 Å². The van der Waals surface area contributed by atoms with Crippen molar-refractivity contribution in [3.63, 3.8) is 0 Å². The smallest absolute Gasteiger partial charge is 0.260 e. The highest BCUT2D eigenvalue weighted by atomic mass is 16.1. The quantitative estimate of drug-likeness (QED) is 0.713. The van der Waals surface area contributed by atoms with Gasteiger partial charge < -0.3 is 0 Å². The van der Waals surface area contributed by atoms with E-state index in [2.05, 4.69) is 21.3 Å². The molecule has 0 radical (unpaired) electrons. The Morgan fingerprint density at radius 3 is 2.84 bits per heavy atom. The van der Waals surface area contributed by atoms with E-state index in [0.717, 1.165) is 29.5 Å². The minimum atomic E-state index is -0.642. The fourth-order valence-corrected chi connectivity index (χ4v) is 3.26. The predicted molar refractivity (Wildman–Crippen MR) is 70.2 cm³/mol. The van der Waals surface area contributed by atoms with Crippen LogP contribution in [-0.4, -0.2) is 22.3 Å². The van der Waals surface area contributed by atoms with Crippen molar-refractivity contribution >= 4 is 12.1 Å². The van der Waals surface area contributed by atoms with Crippen molar-refractivity contribution in [2.24, 2.45) is 4.99 Å². The fraction of sp³-hybridized carbons (Fsp3) is 0.200. The molecule has 0 bridgehead atoms. The molecule has 4 heteroatoms. The molecular formula is C15H11N3O. The van der Waals surface area contributed by atoms with Gasteiger partial charge in [0.25, 0.3) is 5.91 Å². The number of rotatable bonds is 0. The van der Waals surface area contributed by atoms with E-state index in [9.17, 15) is 4.79 Å². The van der Waals surface area contributed by atoms with E-state index in [1.807, 2.05) is 18.2 Å². The Balaban J connectivity index is 2.06. The first kappa shape index (κ1) is 10.6. The summed E-state index contributed by atoms with van der Waals surface area (Å²) in [5, 5.41) is 7.84. The van der Waals surface area contributed by atoms with Gasteiger partial charge >= 0.3 is 0 Å². The molecule has 0 N–H and O–H groups in total. The van der Waals surface area contributed by atoms with Gasteiger partial charge in [0.1, 0.15) is 5.41 Å². The molecule has 1 atom stereocenters. The Hall–Kier alpha value is -2.36. The van der Waals surface area contributed by atoms with E-state index in [1.165, 1.54) is 5.56 Å². The zero-order chi connectivity index (χ0) is 12.9. The van der Waals surface area contributed by atoms with Crippen LogP contribution in [0.4, 0.5) is 0 Å². The maximum Gasteiger partial charge on any atom is 0.260 e. The molecule has 0 saturated heterocycles. The fourth-order valence-electron chi connectivity index (χ4n) is 3.26. The summed E-state index contributed by atoms with van der Waals surface area (Å²) in [4.78, 5) is 16.6. The molecule has 2 aromatic rings. The van der Waals surface area contributed by atoms with Gasteiger partial charge in [-0.1, -0.05) is 24.3 Å². The van der Waals surface area contributed by atoms with E-state index in [4.69, 9.17) is 0 Å². The molecule has 4 nitrogen and oxygen atoms in total. The van der Waals surface area contributed by atoms with Crippen molar-refractivity contribution < 1.29 is 4.79 Å². The second kappa shape index (κ2) is 3.57. The van der Waals surface area contributed by atoms with Gasteiger partial charge in [0, 0.05) is 17.3 Å². The van der Waals surface area contributed by atoms with Crippen molar-refractivity contribution in [3.8, 4) is 0 Å². The van der Waals surface area contributed by atoms with Gasteiger partial charge in [0.2, 0.25) is 0 Å². The van der Waals surface area contributed by atoms with Crippen LogP contribution in [0.3, 0.4) is 0 Å². The van der Waals surface area contributed by atoms with Crippen molar-refractivity contribution in [2.45, 2.75) is 18.3 Å². The number of fused-ring (bicyclic) bond motifs is 4. The first-order chi connectivity index (χ1) is 9.32. The van der Waals surface area contributed by atoms with Gasteiger partial charge in [-0.05, 0) is 24.0 Å². The monoisotopic (exact) mass is 249 g/mol. The highest BCUT2D eigenvalue weighted by Crippen LogP contribution is 2.46. The van der Waals surface area contributed by atoms with Gasteiger partial charge in [-0.3, -0.25) is 4.79 Å². The summed E-state index contributed by atoms with van der Waals surface area (Å²) < 4.78 is 0. The minimum absolute atomic E-state index is 0.0852. The lowest BCUT2D eigenvalue weighted by molar-refractivity contribution is -0.122. The number of amides is 1. The van der Waals surface area contributed by atoms with Crippen molar-refractivity contribution in [1.82, 2.24) is 10.2 Å². The van der Waals surface area contributed by atoms with E-state index in [-0.39, 0.29) is 5.91 Å². The van der Waals surface area contributed by atoms with E-state index >= 15 is 0 Å². The molecule has 4 rings (SSSR count). The average molecular weight is 249 g/mol. The zero-order valence-corrected chi connectivity index (χ0v) is 10.2. The molecule has 1 unspecified atom stereocenters. The third-order valence-electron chi connectivity index (χ3n) is 4.15. The van der Waals surface area contributed by atoms with Crippen LogP contribution in [0.25, 0.3) is 0 Å². The summed E-state index contributed by atoms with van der Waals surface area (Å²) in [6.45, 7) is 0. The standard InChI is InChI=1S/C15H11N3O/c19-14-15(6-5-10-3-1-2-4-12(10)15)13-9-18-17-8-11(13)7-16-14/h1-4,7-9H,5-6H2. The summed E-state index contributed by atoms with van der Waals surface area (Å²) in [6.07, 6.45) is 6.65. The number of hydrogen-bond donors (Lipinski definition) is 0. The van der Waals surface area contributed by atoms with Crippen molar-refractivity contribution in [3.05, 3.63) is 58.9 Å². The van der Waals surface area contributed by atoms with Crippen LogP contribution < -0.4 is 0 Å². The maximum absolute atomic E-state index is 12.5. The van der Waals surface area contributed by atoms with E-state index < -0.39 is 5.41 Å². The van der Waals surface area contributed by atoms with Crippen molar-refractivity contribution in [1.29, 1.82) is 0 Å². The molecule has 1 aromatic heterocycles. The molecule has 92 valence electrons. The SMILES string of the molecule is O=C1N=Cc2cnncc2C12CCc1ccccc12. The largest absolute Gasteiger partial charge is 0.271 e. The third-order valence-corrected chi connectivity index (χ3v) is 4.15. The number of aromatic nitrogens is 2. The molecule has 1 aromatic carbocycles. The van der Waals surface area contributed by atoms with Gasteiger partial charge in [0.15, 0.2) is 0 Å². The van der Waals surface area contributed by atoms with E-state index in [1.54, 1.807) is 18.6 Å². The number of hydrogen-bond acceptors (Lipinski definition) is 3. The Bertz CT molecular complexity index is 723. The summed E-state index contributed by atoms with van der Waals surface area (Å²) in [7, 11) is 0. The highest BCUT2D eigenvalue weighted by molar-refractivity contribution is 6.06. The molecule has 1 aliphatic heterocycles. The second-order valence-electron chi connectivity index (χ2n) is 4.98. The number of benzene rings is 1. The Morgan fingerprint density at radius 1 is 1.05 bits per heavy atom. The minimum Gasteiger partial charge on any atom is -0.271 e. The third kappa shape index (κ3) is 1.23. The van der Waals surface area contributed by atoms with Crippen LogP contribution >= 0.6 is 0 Å². The molecule has 0 saturated carbocycles. The highest BCUT2D eigenvalue weighted by Gasteiger charge is 2.49. The molecule has 1 amide bonds. The van der Waals surface area contributed by atoms with Crippen LogP contribution in [0.15, 0.2) is 41.7 Å². The number of aliphatic imine (C=N–C) groups is 1. The summed E-state index contributed by atoms with van der Waals surface area (Å²) >= 11 is 0. The Kier molecular flexibility index (Phi) is 1.98. The van der Waals surface area contributed by atoms with E-state index in [0.29, 0.717) is 0 Å². The number of aryl methyl sites for hydroxylation is 1. The second-order valence-corrected chi connectivity index (χ2v) is 4.98. The Morgan fingerprint density at radius 2 is 1.89 bits per heavy atom. The molecular weight excluding hydrogens is 238 g/mol. The van der Waals surface area contributed by atoms with Crippen molar-refractivity contribution in [2.75, 3.05) is 0 Å². The zero-order valence-electron chi connectivity index (χ0n) is 10.2. The predicted octanol–water partition coefficient (Wildman–Crippen LogP) is 1.67. The number of carbonyl (C=O) groups is 1. The lowest BCUT2D eigenvalue weighted by Gasteiger charge is -2.30. The topological polar surface area (TPSA) is 55.2 Å². The number of carbonyl (C=O) groups excluding carboxylic acids is 1. The molecule has 1 aliphatic carbocycles. The van der Waals surface area contributed by atoms with Gasteiger partial charge in [-0.25, -0.2) is 4.99 Å². The molecule has 19 heavy (non-hydrogen) atoms. The molecule has 2 heterocycles. The molecule has 1 spiro atoms. The normalized spacial score (nSPS) is 23.5. The summed E-state index contributed by atoms with van der Waals surface area (Å²) in [5.41, 5.74) is 3.50. The van der Waals surface area contributed by atoms with Crippen LogP contribution in [0.2, 0.25) is 0 Å². The van der Waals surface area contributed by atoms with Crippen LogP contribution in [-0.2, 0) is 16.6 Å². The van der Waals surface area contributed by atoms with Crippen LogP contribution in [0, 0.1) is 0 Å². The summed E-state index contributed by atoms with van der Waals surface area (Å²) in [5.74, 6) is -0.0852. The lowest BCUT2D eigenvalue weighted by Crippen LogP contribution is -2.37. The molecule has 2 aliphatic rings. The lowest BCUT2D eigenvalue weighted by atomic mass is 9.73. The number of nitrogens with zero attached hydrogens (tertiary/aromatic N) is 3. The first-order valence-corrected chi connectivity index (χ1v) is 6.30. The average Bonchev–Trinajstić information content (AvgIpc) is 2.85.